The van der Waals surface area contributed by atoms with E-state index in [2.05, 4.69) is 11.0 Å². The minimum absolute atomic E-state index is 0.0159. The first-order valence-corrected chi connectivity index (χ1v) is 10.5. The maximum atomic E-state index is 14.3. The molecule has 2 unspecified atom stereocenters. The van der Waals surface area contributed by atoms with E-state index in [0.717, 1.165) is 53.6 Å². The van der Waals surface area contributed by atoms with Gasteiger partial charge >= 0.3 is 0 Å². The van der Waals surface area contributed by atoms with Crippen LogP contribution in [0.2, 0.25) is 0 Å². The average Bonchev–Trinajstić information content (AvgIpc) is 3.35. The summed E-state index contributed by atoms with van der Waals surface area (Å²) in [4.78, 5) is 2.53. The molecule has 26 heavy (non-hydrogen) atoms. The Balaban J connectivity index is 1.84. The Kier molecular flexibility index (Phi) is 4.48. The van der Waals surface area contributed by atoms with Gasteiger partial charge in [0.25, 0.3) is 0 Å². The van der Waals surface area contributed by atoms with Gasteiger partial charge in [-0.1, -0.05) is 6.07 Å². The zero-order chi connectivity index (χ0) is 18.6. The van der Waals surface area contributed by atoms with Crippen molar-refractivity contribution >= 4 is 17.2 Å². The van der Waals surface area contributed by atoms with Crippen LogP contribution in [-0.4, -0.2) is 31.9 Å². The molecule has 0 amide bonds. The molecule has 6 heteroatoms. The Hall–Kier alpha value is -1.24. The van der Waals surface area contributed by atoms with Gasteiger partial charge in [-0.05, 0) is 91.3 Å². The van der Waals surface area contributed by atoms with Gasteiger partial charge in [-0.15, -0.1) is 0 Å². The highest BCUT2D eigenvalue weighted by Gasteiger charge is 2.36. The van der Waals surface area contributed by atoms with E-state index in [0.29, 0.717) is 30.3 Å². The maximum absolute atomic E-state index is 14.3. The molecule has 1 fully saturated rings. The van der Waals surface area contributed by atoms with Crippen molar-refractivity contribution in [3.05, 3.63) is 34.0 Å². The van der Waals surface area contributed by atoms with Crippen LogP contribution in [0.5, 0.6) is 0 Å². The minimum Gasteiger partial charge on any atom is -0.768 e. The van der Waals surface area contributed by atoms with Crippen LogP contribution in [0.25, 0.3) is 6.08 Å². The van der Waals surface area contributed by atoms with Gasteiger partial charge in [0, 0.05) is 23.2 Å². The molecule has 2 atom stereocenters. The van der Waals surface area contributed by atoms with Crippen LogP contribution in [0.3, 0.4) is 0 Å². The Morgan fingerprint density at radius 3 is 2.69 bits per heavy atom. The molecule has 1 heterocycles. The topological polar surface area (TPSA) is 69.4 Å². The summed E-state index contributed by atoms with van der Waals surface area (Å²) in [6.45, 7) is 4.10. The van der Waals surface area contributed by atoms with E-state index in [-0.39, 0.29) is 6.04 Å². The molecule has 4 nitrogen and oxygen atoms in total. The standard InChI is InChI=1S/C20H27FN2O2S/c1-20(2,21)11-23-10-14-7-13-5-6-15(22)8-16(13)19(26(24)25)17(14)9-18(23)12-3-4-12/h7,9,12,15H,3-6,8,10-11,22H2,1-2H3,(H,24,25)/p-1. The highest BCUT2D eigenvalue weighted by Crippen LogP contribution is 2.44. The smallest absolute Gasteiger partial charge is 0.122 e. The van der Waals surface area contributed by atoms with Crippen LogP contribution < -0.4 is 5.73 Å². The molecular formula is C20H26FN2O2S-. The average molecular weight is 378 g/mol. The number of aryl methyl sites for hydroxylation is 1. The number of hydrogen-bond acceptors (Lipinski definition) is 4. The van der Waals surface area contributed by atoms with E-state index in [9.17, 15) is 13.2 Å². The molecule has 0 bridgehead atoms. The lowest BCUT2D eigenvalue weighted by Gasteiger charge is -2.37. The largest absolute Gasteiger partial charge is 0.768 e. The zero-order valence-corrected chi connectivity index (χ0v) is 16.2. The van der Waals surface area contributed by atoms with Crippen molar-refractivity contribution < 1.29 is 13.2 Å². The summed E-state index contributed by atoms with van der Waals surface area (Å²) in [6.07, 6.45) is 6.49. The lowest BCUT2D eigenvalue weighted by molar-refractivity contribution is 0.139. The minimum atomic E-state index is -2.30. The third-order valence-corrected chi connectivity index (χ3v) is 6.40. The Morgan fingerprint density at radius 1 is 1.35 bits per heavy atom. The van der Waals surface area contributed by atoms with Gasteiger partial charge in [0.15, 0.2) is 0 Å². The number of halogens is 1. The molecule has 0 saturated heterocycles. The van der Waals surface area contributed by atoms with Gasteiger partial charge < -0.3 is 15.2 Å². The summed E-state index contributed by atoms with van der Waals surface area (Å²) in [5.41, 5.74) is 9.68. The fraction of sp³-hybridized carbons (Fsp3) is 0.600. The second-order valence-corrected chi connectivity index (χ2v) is 9.45. The molecule has 1 saturated carbocycles. The molecule has 1 aliphatic heterocycles. The van der Waals surface area contributed by atoms with Gasteiger partial charge in [0.05, 0.1) is 6.54 Å². The monoisotopic (exact) mass is 377 g/mol. The number of nitrogens with two attached hydrogens (primary N) is 1. The zero-order valence-electron chi connectivity index (χ0n) is 15.4. The molecular weight excluding hydrogens is 351 g/mol. The molecule has 0 spiro atoms. The molecule has 0 radical (unpaired) electrons. The number of hydrogen-bond donors (Lipinski definition) is 1. The van der Waals surface area contributed by atoms with Crippen molar-refractivity contribution in [2.75, 3.05) is 6.54 Å². The first kappa shape index (κ1) is 18.1. The van der Waals surface area contributed by atoms with Crippen LogP contribution in [0.15, 0.2) is 16.7 Å². The van der Waals surface area contributed by atoms with Gasteiger partial charge in [-0.3, -0.25) is 4.21 Å². The van der Waals surface area contributed by atoms with Gasteiger partial charge in [0.2, 0.25) is 0 Å². The highest BCUT2D eigenvalue weighted by molar-refractivity contribution is 7.79. The van der Waals surface area contributed by atoms with E-state index in [1.54, 1.807) is 13.8 Å². The van der Waals surface area contributed by atoms with Crippen molar-refractivity contribution in [2.45, 2.75) is 69.1 Å². The first-order valence-electron chi connectivity index (χ1n) is 9.41. The van der Waals surface area contributed by atoms with Crippen LogP contribution >= 0.6 is 0 Å². The van der Waals surface area contributed by atoms with Crippen LogP contribution in [-0.2, 0) is 30.5 Å². The van der Waals surface area contributed by atoms with Crippen molar-refractivity contribution in [2.24, 2.45) is 11.7 Å². The number of rotatable bonds is 4. The Labute approximate surface area is 156 Å². The molecule has 2 N–H and O–H groups in total. The second-order valence-electron chi connectivity index (χ2n) is 8.57. The van der Waals surface area contributed by atoms with Crippen molar-refractivity contribution in [3.63, 3.8) is 0 Å². The number of fused-ring (bicyclic) bond motifs is 2. The van der Waals surface area contributed by atoms with Crippen molar-refractivity contribution in [1.29, 1.82) is 0 Å². The summed E-state index contributed by atoms with van der Waals surface area (Å²) in [5.74, 6) is 0.428. The van der Waals surface area contributed by atoms with Crippen LogP contribution in [0, 0.1) is 5.92 Å². The Morgan fingerprint density at radius 2 is 2.08 bits per heavy atom. The Bertz CT molecular complexity index is 796. The molecule has 0 aromatic heterocycles. The van der Waals surface area contributed by atoms with Gasteiger partial charge in [-0.25, -0.2) is 4.39 Å². The van der Waals surface area contributed by atoms with E-state index >= 15 is 0 Å². The quantitative estimate of drug-likeness (QED) is 0.819. The maximum Gasteiger partial charge on any atom is 0.122 e. The molecule has 3 aliphatic rings. The third-order valence-electron chi connectivity index (χ3n) is 5.60. The van der Waals surface area contributed by atoms with Crippen LogP contribution in [0.4, 0.5) is 4.39 Å². The van der Waals surface area contributed by atoms with Gasteiger partial charge in [0.1, 0.15) is 5.67 Å². The third kappa shape index (κ3) is 3.47. The molecule has 142 valence electrons. The second kappa shape index (κ2) is 6.43. The molecule has 1 aromatic carbocycles. The van der Waals surface area contributed by atoms with Crippen LogP contribution in [0.1, 0.15) is 55.4 Å². The lowest BCUT2D eigenvalue weighted by Crippen LogP contribution is -2.37. The predicted octanol–water partition coefficient (Wildman–Crippen LogP) is 3.06. The molecule has 4 rings (SSSR count). The van der Waals surface area contributed by atoms with Crippen molar-refractivity contribution in [1.82, 2.24) is 4.90 Å². The normalized spacial score (nSPS) is 24.0. The SMILES string of the molecule is CC(C)(F)CN1Cc2cc3c(c(S(=O)[O-])c2C=C1C1CC1)CC(N)CC3. The number of nitrogens with zero attached hydrogens (tertiary/aromatic N) is 1. The fourth-order valence-electron chi connectivity index (χ4n) is 4.35. The predicted molar refractivity (Wildman–Crippen MR) is 99.9 cm³/mol. The van der Waals surface area contributed by atoms with E-state index < -0.39 is 16.7 Å². The fourth-order valence-corrected chi connectivity index (χ4v) is 5.14. The number of alkyl halides is 1. The van der Waals surface area contributed by atoms with E-state index in [4.69, 9.17) is 5.73 Å². The van der Waals surface area contributed by atoms with Crippen molar-refractivity contribution in [3.8, 4) is 0 Å². The molecule has 1 aromatic rings. The summed E-state index contributed by atoms with van der Waals surface area (Å²) >= 11 is -2.30. The number of benzene rings is 1. The summed E-state index contributed by atoms with van der Waals surface area (Å²) in [6, 6.07) is 2.15. The van der Waals surface area contributed by atoms with E-state index in [1.165, 1.54) is 0 Å². The summed E-state index contributed by atoms with van der Waals surface area (Å²) in [5, 5.41) is 0. The van der Waals surface area contributed by atoms with Gasteiger partial charge in [-0.2, -0.15) is 0 Å². The highest BCUT2D eigenvalue weighted by atomic mass is 32.2. The first-order chi connectivity index (χ1) is 12.2. The summed E-state index contributed by atoms with van der Waals surface area (Å²) < 4.78 is 38.6. The lowest BCUT2D eigenvalue weighted by atomic mass is 9.84. The number of allylic oxidation sites excluding steroid dienone is 1. The van der Waals surface area contributed by atoms with E-state index in [1.807, 2.05) is 6.08 Å². The summed E-state index contributed by atoms with van der Waals surface area (Å²) in [7, 11) is 0. The molecule has 2 aliphatic carbocycles.